The lowest BCUT2D eigenvalue weighted by Crippen LogP contribution is -2.36. The van der Waals surface area contributed by atoms with Gasteiger partial charge in [-0.1, -0.05) is 24.3 Å². The molecule has 4 heterocycles. The molecular formula is C25H25N5O2S. The maximum absolute atomic E-state index is 12.9. The Morgan fingerprint density at radius 2 is 1.91 bits per heavy atom. The van der Waals surface area contributed by atoms with Crippen LogP contribution in [0, 0.1) is 0 Å². The summed E-state index contributed by atoms with van der Waals surface area (Å²) in [6, 6.07) is 17.7. The molecule has 1 amide bonds. The summed E-state index contributed by atoms with van der Waals surface area (Å²) in [4.78, 5) is 25.3. The number of nitrogens with zero attached hydrogens (tertiary/aromatic N) is 4. The van der Waals surface area contributed by atoms with Crippen LogP contribution in [0.4, 0.5) is 5.82 Å². The molecule has 0 atom stereocenters. The molecular weight excluding hydrogens is 434 g/mol. The zero-order chi connectivity index (χ0) is 22.5. The number of fused-ring (bicyclic) bond motifs is 1. The Morgan fingerprint density at radius 3 is 2.73 bits per heavy atom. The van der Waals surface area contributed by atoms with E-state index in [2.05, 4.69) is 20.2 Å². The molecule has 4 aromatic rings. The van der Waals surface area contributed by atoms with E-state index in [0.717, 1.165) is 53.9 Å². The Bertz CT molecular complexity index is 1200. The number of carbonyl (C=O) groups is 1. The van der Waals surface area contributed by atoms with Crippen LogP contribution in [-0.4, -0.2) is 46.6 Å². The zero-order valence-corrected chi connectivity index (χ0v) is 19.0. The smallest absolute Gasteiger partial charge is 0.252 e. The monoisotopic (exact) mass is 459 g/mol. The zero-order valence-electron chi connectivity index (χ0n) is 18.2. The van der Waals surface area contributed by atoms with Crippen LogP contribution in [0.15, 0.2) is 78.1 Å². The third-order valence-electron chi connectivity index (χ3n) is 5.52. The molecule has 0 radical (unpaired) electrons. The number of hydrogen-bond donors (Lipinski definition) is 1. The average molecular weight is 460 g/mol. The number of nitrogens with one attached hydrogen (secondary N) is 1. The highest BCUT2D eigenvalue weighted by Gasteiger charge is 2.14. The third-order valence-corrected chi connectivity index (χ3v) is 6.63. The molecule has 1 saturated heterocycles. The topological polar surface area (TPSA) is 71.8 Å². The number of ether oxygens (including phenoxy) is 1. The van der Waals surface area contributed by atoms with Gasteiger partial charge in [0.05, 0.1) is 24.5 Å². The molecule has 3 aromatic heterocycles. The first kappa shape index (κ1) is 21.5. The number of pyridine rings is 2. The molecule has 1 aliphatic rings. The standard InChI is InChI=1S/C25H25N5O2S/c31-25(27-16-19-8-9-23(26-15-19)29-11-13-32-14-12-29)21-5-1-2-6-22(21)33-18-20-17-30-10-4-3-7-24(30)28-20/h1-10,15,17H,11-14,16,18H2,(H,27,31). The van der Waals surface area contributed by atoms with E-state index in [1.807, 2.05) is 77.6 Å². The van der Waals surface area contributed by atoms with Crippen molar-refractivity contribution in [1.29, 1.82) is 0 Å². The highest BCUT2D eigenvalue weighted by Crippen LogP contribution is 2.26. The summed E-state index contributed by atoms with van der Waals surface area (Å²) in [5.74, 6) is 1.55. The molecule has 0 aliphatic carbocycles. The SMILES string of the molecule is O=C(NCc1ccc(N2CCOCC2)nc1)c1ccccc1SCc1cn2ccccc2n1. The normalized spacial score (nSPS) is 13.9. The number of benzene rings is 1. The Morgan fingerprint density at radius 1 is 1.06 bits per heavy atom. The van der Waals surface area contributed by atoms with E-state index >= 15 is 0 Å². The van der Waals surface area contributed by atoms with E-state index in [1.54, 1.807) is 11.8 Å². The van der Waals surface area contributed by atoms with Crippen LogP contribution in [0.25, 0.3) is 5.65 Å². The van der Waals surface area contributed by atoms with Crippen LogP contribution >= 0.6 is 11.8 Å². The lowest BCUT2D eigenvalue weighted by Gasteiger charge is -2.27. The first-order valence-corrected chi connectivity index (χ1v) is 11.9. The maximum atomic E-state index is 12.9. The molecule has 1 fully saturated rings. The van der Waals surface area contributed by atoms with Crippen molar-refractivity contribution in [3.63, 3.8) is 0 Å². The number of aromatic nitrogens is 3. The van der Waals surface area contributed by atoms with E-state index in [-0.39, 0.29) is 5.91 Å². The Kier molecular flexibility index (Phi) is 6.55. The summed E-state index contributed by atoms with van der Waals surface area (Å²) in [6.45, 7) is 3.60. The predicted molar refractivity (Wildman–Crippen MR) is 130 cm³/mol. The van der Waals surface area contributed by atoms with Crippen molar-refractivity contribution < 1.29 is 9.53 Å². The van der Waals surface area contributed by atoms with Crippen molar-refractivity contribution in [1.82, 2.24) is 19.7 Å². The van der Waals surface area contributed by atoms with Gasteiger partial charge in [0.25, 0.3) is 5.91 Å². The van der Waals surface area contributed by atoms with Gasteiger partial charge in [-0.05, 0) is 35.9 Å². The molecule has 0 saturated carbocycles. The maximum Gasteiger partial charge on any atom is 0.252 e. The number of thioether (sulfide) groups is 1. The Balaban J connectivity index is 1.20. The number of morpholine rings is 1. The van der Waals surface area contributed by atoms with Crippen molar-refractivity contribution in [2.24, 2.45) is 0 Å². The summed E-state index contributed by atoms with van der Waals surface area (Å²) in [5.41, 5.74) is 3.54. The fourth-order valence-corrected chi connectivity index (χ4v) is 4.70. The lowest BCUT2D eigenvalue weighted by molar-refractivity contribution is 0.0948. The van der Waals surface area contributed by atoms with Crippen LogP contribution < -0.4 is 10.2 Å². The molecule has 1 aliphatic heterocycles. The van der Waals surface area contributed by atoms with E-state index in [4.69, 9.17) is 4.74 Å². The van der Waals surface area contributed by atoms with Gasteiger partial charge >= 0.3 is 0 Å². The number of carbonyl (C=O) groups excluding carboxylic acids is 1. The fraction of sp³-hybridized carbons (Fsp3) is 0.240. The van der Waals surface area contributed by atoms with Gasteiger partial charge in [0.1, 0.15) is 11.5 Å². The summed E-state index contributed by atoms with van der Waals surface area (Å²) in [6.07, 6.45) is 5.84. The first-order chi connectivity index (χ1) is 16.3. The summed E-state index contributed by atoms with van der Waals surface area (Å²) in [7, 11) is 0. The number of imidazole rings is 1. The van der Waals surface area contributed by atoms with E-state index in [9.17, 15) is 4.79 Å². The minimum Gasteiger partial charge on any atom is -0.378 e. The molecule has 8 heteroatoms. The molecule has 0 spiro atoms. The van der Waals surface area contributed by atoms with Gasteiger partial charge in [-0.15, -0.1) is 11.8 Å². The Labute approximate surface area is 196 Å². The van der Waals surface area contributed by atoms with Crippen molar-refractivity contribution in [2.45, 2.75) is 17.2 Å². The molecule has 7 nitrogen and oxygen atoms in total. The third kappa shape index (κ3) is 5.18. The fourth-order valence-electron chi connectivity index (χ4n) is 3.77. The van der Waals surface area contributed by atoms with Gasteiger partial charge in [0, 0.05) is 48.9 Å². The molecule has 1 aromatic carbocycles. The minimum atomic E-state index is -0.0923. The number of anilines is 1. The number of amides is 1. The van der Waals surface area contributed by atoms with E-state index in [0.29, 0.717) is 17.9 Å². The van der Waals surface area contributed by atoms with E-state index < -0.39 is 0 Å². The van der Waals surface area contributed by atoms with Gasteiger partial charge in [0.2, 0.25) is 0 Å². The summed E-state index contributed by atoms with van der Waals surface area (Å²) >= 11 is 1.62. The van der Waals surface area contributed by atoms with Gasteiger partial charge in [-0.3, -0.25) is 4.79 Å². The quantitative estimate of drug-likeness (QED) is 0.424. The average Bonchev–Trinajstić information content (AvgIpc) is 3.30. The lowest BCUT2D eigenvalue weighted by atomic mass is 10.2. The van der Waals surface area contributed by atoms with Crippen LogP contribution in [-0.2, 0) is 17.0 Å². The molecule has 5 rings (SSSR count). The van der Waals surface area contributed by atoms with Gasteiger partial charge in [0.15, 0.2) is 0 Å². The minimum absolute atomic E-state index is 0.0923. The highest BCUT2D eigenvalue weighted by molar-refractivity contribution is 7.98. The molecule has 1 N–H and O–H groups in total. The molecule has 168 valence electrons. The second kappa shape index (κ2) is 10.1. The largest absolute Gasteiger partial charge is 0.378 e. The predicted octanol–water partition coefficient (Wildman–Crippen LogP) is 3.79. The number of hydrogen-bond acceptors (Lipinski definition) is 6. The second-order valence-corrected chi connectivity index (χ2v) is 8.81. The molecule has 0 unspecified atom stereocenters. The first-order valence-electron chi connectivity index (χ1n) is 11.0. The van der Waals surface area contributed by atoms with Crippen LogP contribution in [0.2, 0.25) is 0 Å². The summed E-state index contributed by atoms with van der Waals surface area (Å²) < 4.78 is 7.40. The van der Waals surface area contributed by atoms with Crippen LogP contribution in [0.1, 0.15) is 21.6 Å². The van der Waals surface area contributed by atoms with Gasteiger partial charge in [-0.25, -0.2) is 9.97 Å². The van der Waals surface area contributed by atoms with Crippen molar-refractivity contribution in [3.05, 3.63) is 90.0 Å². The van der Waals surface area contributed by atoms with Crippen molar-refractivity contribution in [3.8, 4) is 0 Å². The molecule has 0 bridgehead atoms. The number of rotatable bonds is 7. The van der Waals surface area contributed by atoms with Crippen molar-refractivity contribution in [2.75, 3.05) is 31.2 Å². The van der Waals surface area contributed by atoms with Gasteiger partial charge in [-0.2, -0.15) is 0 Å². The van der Waals surface area contributed by atoms with Crippen molar-refractivity contribution >= 4 is 29.1 Å². The summed E-state index contributed by atoms with van der Waals surface area (Å²) in [5, 5.41) is 3.03. The van der Waals surface area contributed by atoms with Crippen LogP contribution in [0.5, 0.6) is 0 Å². The van der Waals surface area contributed by atoms with Crippen LogP contribution in [0.3, 0.4) is 0 Å². The van der Waals surface area contributed by atoms with E-state index in [1.165, 1.54) is 0 Å². The van der Waals surface area contributed by atoms with Gasteiger partial charge < -0.3 is 19.4 Å². The second-order valence-electron chi connectivity index (χ2n) is 7.79. The Hall–Kier alpha value is -3.36. The molecule has 33 heavy (non-hydrogen) atoms. The highest BCUT2D eigenvalue weighted by atomic mass is 32.2.